The number of nitrogens with two attached hydrogens (primary N) is 1. The molecule has 3 rings (SSSR count). The Bertz CT molecular complexity index is 965. The number of allylic oxidation sites excluding steroid dienone is 6. The second-order valence-corrected chi connectivity index (χ2v) is 9.30. The number of nitrogens with zero attached hydrogens (tertiary/aromatic N) is 3. The van der Waals surface area contributed by atoms with Gasteiger partial charge in [-0.25, -0.2) is 14.5 Å². The van der Waals surface area contributed by atoms with Crippen molar-refractivity contribution < 1.29 is 4.57 Å². The number of hydrogen-bond donors (Lipinski definition) is 2. The summed E-state index contributed by atoms with van der Waals surface area (Å²) in [6.45, 7) is 12.5. The standard InChI is InChI=1S/C25H37N5/c1-18(12-14-25(5)20(3)10-7-11-21(25)4)8-6-9-19(2)13-15-30-17-29-24-22(30)23(26)27-16-28-24/h8,10,13,16-17,21H,6-7,9,11-12,14-15H2,1-5H3,(H2,26,27,28)/p+1/b18-8+,19-13+/t21-,25-/m0/s1. The normalized spacial score (nSPS) is 23.1. The lowest BCUT2D eigenvalue weighted by molar-refractivity contribution is -0.660. The number of nitrogens with one attached hydrogen (secondary N) is 1. The number of H-pyrrole nitrogens is 1. The molecule has 0 spiro atoms. The van der Waals surface area contributed by atoms with Crippen molar-refractivity contribution in [2.45, 2.75) is 79.7 Å². The van der Waals surface area contributed by atoms with E-state index in [0.717, 1.165) is 36.5 Å². The second-order valence-electron chi connectivity index (χ2n) is 9.30. The van der Waals surface area contributed by atoms with Crippen LogP contribution in [0.1, 0.15) is 73.1 Å². The average molecular weight is 409 g/mol. The summed E-state index contributed by atoms with van der Waals surface area (Å²) < 4.78 is 2.07. The molecule has 162 valence electrons. The van der Waals surface area contributed by atoms with E-state index in [4.69, 9.17) is 5.73 Å². The monoisotopic (exact) mass is 408 g/mol. The SMILES string of the molecule is CC1=CCC[C@H](C)[C@@]1(C)CC/C(C)=C/CC/C(C)=C/C[n+]1c[nH]c2ncnc(N)c21. The molecule has 3 N–H and O–H groups in total. The number of fused-ring (bicyclic) bond motifs is 1. The Morgan fingerprint density at radius 3 is 2.80 bits per heavy atom. The highest BCUT2D eigenvalue weighted by Gasteiger charge is 2.34. The maximum Gasteiger partial charge on any atom is 0.271 e. The second kappa shape index (κ2) is 9.59. The van der Waals surface area contributed by atoms with Crippen LogP contribution in [0.3, 0.4) is 0 Å². The van der Waals surface area contributed by atoms with Crippen molar-refractivity contribution in [2.75, 3.05) is 5.73 Å². The number of aromatic amines is 1. The van der Waals surface area contributed by atoms with Crippen LogP contribution in [0.5, 0.6) is 0 Å². The lowest BCUT2D eigenvalue weighted by Crippen LogP contribution is -2.31. The first-order valence-electron chi connectivity index (χ1n) is 11.3. The molecule has 1 aliphatic carbocycles. The summed E-state index contributed by atoms with van der Waals surface area (Å²) in [5.74, 6) is 1.29. The average Bonchev–Trinajstić information content (AvgIpc) is 3.14. The van der Waals surface area contributed by atoms with Crippen LogP contribution >= 0.6 is 0 Å². The molecule has 0 radical (unpaired) electrons. The summed E-state index contributed by atoms with van der Waals surface area (Å²) in [5.41, 5.74) is 12.5. The van der Waals surface area contributed by atoms with Crippen molar-refractivity contribution in [3.8, 4) is 0 Å². The van der Waals surface area contributed by atoms with Gasteiger partial charge in [-0.3, -0.25) is 0 Å². The fraction of sp³-hybridized carbons (Fsp3) is 0.560. The number of nitrogen functional groups attached to an aromatic ring is 1. The number of aromatic nitrogens is 4. The molecule has 2 aromatic heterocycles. The van der Waals surface area contributed by atoms with E-state index in [2.05, 4.69) is 72.4 Å². The summed E-state index contributed by atoms with van der Waals surface area (Å²) in [6.07, 6.45) is 17.8. The van der Waals surface area contributed by atoms with Crippen LogP contribution in [-0.4, -0.2) is 15.0 Å². The molecule has 5 heteroatoms. The lowest BCUT2D eigenvalue weighted by Gasteiger charge is -2.40. The first kappa shape index (κ1) is 22.3. The highest BCUT2D eigenvalue weighted by molar-refractivity contribution is 5.76. The smallest absolute Gasteiger partial charge is 0.271 e. The van der Waals surface area contributed by atoms with Gasteiger partial charge in [-0.15, -0.1) is 0 Å². The lowest BCUT2D eigenvalue weighted by atomic mass is 9.65. The molecule has 0 unspecified atom stereocenters. The van der Waals surface area contributed by atoms with Gasteiger partial charge in [-0.2, -0.15) is 4.98 Å². The molecule has 0 saturated carbocycles. The Balaban J connectivity index is 1.50. The van der Waals surface area contributed by atoms with E-state index in [1.165, 1.54) is 43.2 Å². The minimum Gasteiger partial charge on any atom is -0.380 e. The molecular formula is C25H38N5+. The fourth-order valence-corrected chi connectivity index (χ4v) is 4.52. The molecule has 2 atom stereocenters. The predicted octanol–water partition coefficient (Wildman–Crippen LogP) is 5.66. The quantitative estimate of drug-likeness (QED) is 0.437. The van der Waals surface area contributed by atoms with Gasteiger partial charge in [0.15, 0.2) is 5.82 Å². The fourth-order valence-electron chi connectivity index (χ4n) is 4.52. The van der Waals surface area contributed by atoms with Gasteiger partial charge >= 0.3 is 0 Å². The van der Waals surface area contributed by atoms with E-state index in [1.807, 2.05) is 6.33 Å². The van der Waals surface area contributed by atoms with E-state index >= 15 is 0 Å². The molecular weight excluding hydrogens is 370 g/mol. The molecule has 0 aliphatic heterocycles. The van der Waals surface area contributed by atoms with Gasteiger partial charge in [0.1, 0.15) is 12.9 Å². The van der Waals surface area contributed by atoms with Crippen LogP contribution in [-0.2, 0) is 6.54 Å². The van der Waals surface area contributed by atoms with Crippen molar-refractivity contribution in [1.82, 2.24) is 15.0 Å². The molecule has 1 aliphatic rings. The summed E-state index contributed by atoms with van der Waals surface area (Å²) in [6, 6.07) is 0. The van der Waals surface area contributed by atoms with Crippen molar-refractivity contribution in [2.24, 2.45) is 11.3 Å². The van der Waals surface area contributed by atoms with Crippen molar-refractivity contribution >= 4 is 17.0 Å². The molecule has 0 bridgehead atoms. The molecule has 2 heterocycles. The topological polar surface area (TPSA) is 71.5 Å². The van der Waals surface area contributed by atoms with Gasteiger partial charge in [0, 0.05) is 0 Å². The first-order valence-corrected chi connectivity index (χ1v) is 11.3. The van der Waals surface area contributed by atoms with E-state index in [1.54, 1.807) is 5.57 Å². The number of imidazole rings is 1. The minimum absolute atomic E-state index is 0.366. The Morgan fingerprint density at radius 2 is 2.03 bits per heavy atom. The van der Waals surface area contributed by atoms with Crippen LogP contribution < -0.4 is 10.3 Å². The number of rotatable bonds is 8. The Hall–Kier alpha value is -2.43. The van der Waals surface area contributed by atoms with Gasteiger partial charge in [0.05, 0.1) is 0 Å². The van der Waals surface area contributed by atoms with Crippen LogP contribution in [0.2, 0.25) is 0 Å². The summed E-state index contributed by atoms with van der Waals surface area (Å²) in [7, 11) is 0. The third-order valence-electron chi connectivity index (χ3n) is 7.24. The van der Waals surface area contributed by atoms with Gasteiger partial charge in [-0.05, 0) is 76.7 Å². The van der Waals surface area contributed by atoms with Crippen molar-refractivity contribution in [1.29, 1.82) is 0 Å². The molecule has 30 heavy (non-hydrogen) atoms. The maximum atomic E-state index is 6.01. The van der Waals surface area contributed by atoms with Crippen LogP contribution in [0.25, 0.3) is 11.2 Å². The molecule has 0 saturated heterocycles. The zero-order chi connectivity index (χ0) is 21.7. The van der Waals surface area contributed by atoms with Gasteiger partial charge in [0.2, 0.25) is 11.8 Å². The minimum atomic E-state index is 0.366. The van der Waals surface area contributed by atoms with Gasteiger partial charge in [0.25, 0.3) is 5.65 Å². The van der Waals surface area contributed by atoms with E-state index in [-0.39, 0.29) is 0 Å². The summed E-state index contributed by atoms with van der Waals surface area (Å²) in [5, 5.41) is 0. The van der Waals surface area contributed by atoms with Gasteiger partial charge in [-0.1, -0.05) is 42.7 Å². The van der Waals surface area contributed by atoms with Gasteiger partial charge < -0.3 is 5.73 Å². The number of anilines is 1. The highest BCUT2D eigenvalue weighted by atomic mass is 15.1. The molecule has 0 fully saturated rings. The number of hydrogen-bond acceptors (Lipinski definition) is 3. The zero-order valence-electron chi connectivity index (χ0n) is 19.3. The van der Waals surface area contributed by atoms with Crippen LogP contribution in [0, 0.1) is 11.3 Å². The first-order chi connectivity index (χ1) is 14.3. The largest absolute Gasteiger partial charge is 0.380 e. The Labute approximate surface area is 181 Å². The third kappa shape index (κ3) is 5.00. The van der Waals surface area contributed by atoms with E-state index in [9.17, 15) is 0 Å². The predicted molar refractivity (Wildman–Crippen MR) is 125 cm³/mol. The van der Waals surface area contributed by atoms with Crippen molar-refractivity contribution in [3.63, 3.8) is 0 Å². The Morgan fingerprint density at radius 1 is 1.27 bits per heavy atom. The molecule has 0 aromatic carbocycles. The zero-order valence-corrected chi connectivity index (χ0v) is 19.3. The van der Waals surface area contributed by atoms with Crippen LogP contribution in [0.15, 0.2) is 47.6 Å². The van der Waals surface area contributed by atoms with E-state index in [0.29, 0.717) is 11.2 Å². The van der Waals surface area contributed by atoms with E-state index < -0.39 is 0 Å². The summed E-state index contributed by atoms with van der Waals surface area (Å²) in [4.78, 5) is 11.5. The highest BCUT2D eigenvalue weighted by Crippen LogP contribution is 2.45. The third-order valence-corrected chi connectivity index (χ3v) is 7.24. The molecule has 5 nitrogen and oxygen atoms in total. The van der Waals surface area contributed by atoms with Crippen molar-refractivity contribution in [3.05, 3.63) is 47.6 Å². The van der Waals surface area contributed by atoms with Crippen LogP contribution in [0.4, 0.5) is 5.82 Å². The summed E-state index contributed by atoms with van der Waals surface area (Å²) >= 11 is 0. The maximum absolute atomic E-state index is 6.01. The molecule has 0 amide bonds. The Kier molecular flexibility index (Phi) is 7.11. The molecule has 2 aromatic rings.